The lowest BCUT2D eigenvalue weighted by atomic mass is 9.99. The van der Waals surface area contributed by atoms with Crippen LogP contribution in [0.2, 0.25) is 0 Å². The number of fused-ring (bicyclic) bond motifs is 1. The van der Waals surface area contributed by atoms with Gasteiger partial charge < -0.3 is 15.0 Å². The molecule has 2 aromatic heterocycles. The number of anilines is 1. The second-order valence-electron chi connectivity index (χ2n) is 5.80. The van der Waals surface area contributed by atoms with Crippen molar-refractivity contribution >= 4 is 11.3 Å². The van der Waals surface area contributed by atoms with Crippen molar-refractivity contribution in [2.24, 2.45) is 0 Å². The van der Waals surface area contributed by atoms with E-state index in [9.17, 15) is 0 Å². The van der Waals surface area contributed by atoms with E-state index in [1.807, 2.05) is 4.52 Å². The van der Waals surface area contributed by atoms with Gasteiger partial charge in [0.2, 0.25) is 0 Å². The summed E-state index contributed by atoms with van der Waals surface area (Å²) < 4.78 is 7.33. The second-order valence-corrected chi connectivity index (χ2v) is 5.80. The van der Waals surface area contributed by atoms with Crippen LogP contribution in [0.1, 0.15) is 24.6 Å². The van der Waals surface area contributed by atoms with E-state index < -0.39 is 0 Å². The van der Waals surface area contributed by atoms with Gasteiger partial charge in [0.1, 0.15) is 0 Å². The normalized spacial score (nSPS) is 23.6. The maximum absolute atomic E-state index is 5.41. The molecule has 1 atom stereocenters. The summed E-state index contributed by atoms with van der Waals surface area (Å²) in [5.74, 6) is 1.42. The predicted molar refractivity (Wildman–Crippen MR) is 80.9 cm³/mol. The standard InChI is InChI=1S/C15H21N5O/c1-2-12(10-16-5-1)15-17-14-4-3-13(11-20(14)18-15)19-6-8-21-9-7-19/h3-4,11-12,16H,1-2,5-10H2/t12-/m1/s1. The van der Waals surface area contributed by atoms with Crippen molar-refractivity contribution in [1.82, 2.24) is 19.9 Å². The molecule has 21 heavy (non-hydrogen) atoms. The number of piperidine rings is 1. The lowest BCUT2D eigenvalue weighted by Crippen LogP contribution is -2.36. The Morgan fingerprint density at radius 1 is 1.24 bits per heavy atom. The molecule has 2 saturated heterocycles. The predicted octanol–water partition coefficient (Wildman–Crippen LogP) is 1.03. The fraction of sp³-hybridized carbons (Fsp3) is 0.600. The molecule has 2 fully saturated rings. The Kier molecular flexibility index (Phi) is 3.48. The molecule has 0 amide bonds. The largest absolute Gasteiger partial charge is 0.378 e. The summed E-state index contributed by atoms with van der Waals surface area (Å²) in [7, 11) is 0. The van der Waals surface area contributed by atoms with Gasteiger partial charge in [0.25, 0.3) is 0 Å². The molecule has 0 unspecified atom stereocenters. The topological polar surface area (TPSA) is 54.7 Å². The van der Waals surface area contributed by atoms with Crippen LogP contribution in [0.4, 0.5) is 5.69 Å². The molecule has 0 bridgehead atoms. The van der Waals surface area contributed by atoms with Gasteiger partial charge >= 0.3 is 0 Å². The number of aromatic nitrogens is 3. The smallest absolute Gasteiger partial charge is 0.156 e. The van der Waals surface area contributed by atoms with E-state index in [1.165, 1.54) is 18.5 Å². The summed E-state index contributed by atoms with van der Waals surface area (Å²) in [4.78, 5) is 7.03. The molecule has 6 nitrogen and oxygen atoms in total. The van der Waals surface area contributed by atoms with E-state index in [0.29, 0.717) is 5.92 Å². The number of nitrogens with zero attached hydrogens (tertiary/aromatic N) is 4. The van der Waals surface area contributed by atoms with Gasteiger partial charge in [0.05, 0.1) is 25.1 Å². The zero-order valence-electron chi connectivity index (χ0n) is 12.2. The molecule has 4 rings (SSSR count). The Morgan fingerprint density at radius 2 is 2.14 bits per heavy atom. The van der Waals surface area contributed by atoms with Crippen LogP contribution in [0.15, 0.2) is 18.3 Å². The highest BCUT2D eigenvalue weighted by Gasteiger charge is 2.20. The average Bonchev–Trinajstić information content (AvgIpc) is 2.99. The van der Waals surface area contributed by atoms with Crippen molar-refractivity contribution in [3.05, 3.63) is 24.2 Å². The maximum Gasteiger partial charge on any atom is 0.156 e. The molecule has 0 radical (unpaired) electrons. The Balaban J connectivity index is 1.61. The number of pyridine rings is 1. The Morgan fingerprint density at radius 3 is 2.95 bits per heavy atom. The monoisotopic (exact) mass is 287 g/mol. The van der Waals surface area contributed by atoms with Crippen LogP contribution in [0.5, 0.6) is 0 Å². The summed E-state index contributed by atoms with van der Waals surface area (Å²) in [5, 5.41) is 8.13. The molecule has 1 N–H and O–H groups in total. The molecule has 2 aromatic rings. The first kappa shape index (κ1) is 13.0. The number of hydrogen-bond acceptors (Lipinski definition) is 5. The van der Waals surface area contributed by atoms with Crippen molar-refractivity contribution < 1.29 is 4.74 Å². The molecular weight excluding hydrogens is 266 g/mol. The summed E-state index contributed by atoms with van der Waals surface area (Å²) in [6.07, 6.45) is 4.48. The van der Waals surface area contributed by atoms with E-state index in [0.717, 1.165) is 50.9 Å². The van der Waals surface area contributed by atoms with Crippen molar-refractivity contribution in [1.29, 1.82) is 0 Å². The quantitative estimate of drug-likeness (QED) is 0.894. The molecule has 112 valence electrons. The van der Waals surface area contributed by atoms with Gasteiger partial charge in [-0.25, -0.2) is 9.50 Å². The van der Waals surface area contributed by atoms with Crippen LogP contribution in [0, 0.1) is 0 Å². The van der Waals surface area contributed by atoms with Gasteiger partial charge in [-0.05, 0) is 31.5 Å². The highest BCUT2D eigenvalue weighted by Crippen LogP contribution is 2.22. The molecule has 4 heterocycles. The number of rotatable bonds is 2. The number of nitrogens with one attached hydrogen (secondary N) is 1. The summed E-state index contributed by atoms with van der Waals surface area (Å²) in [6.45, 7) is 5.60. The van der Waals surface area contributed by atoms with Crippen LogP contribution in [0.25, 0.3) is 5.65 Å². The molecular formula is C15H21N5O. The third kappa shape index (κ3) is 2.61. The molecule has 6 heteroatoms. The van der Waals surface area contributed by atoms with Gasteiger partial charge in [-0.15, -0.1) is 0 Å². The minimum Gasteiger partial charge on any atom is -0.378 e. The Bertz CT molecular complexity index is 598. The highest BCUT2D eigenvalue weighted by atomic mass is 16.5. The lowest BCUT2D eigenvalue weighted by Gasteiger charge is -2.28. The minimum absolute atomic E-state index is 0.450. The van der Waals surface area contributed by atoms with E-state index in [4.69, 9.17) is 14.8 Å². The molecule has 0 spiro atoms. The lowest BCUT2D eigenvalue weighted by molar-refractivity contribution is 0.122. The molecule has 2 aliphatic heterocycles. The van der Waals surface area contributed by atoms with Gasteiger partial charge in [-0.1, -0.05) is 0 Å². The number of hydrogen-bond donors (Lipinski definition) is 1. The van der Waals surface area contributed by atoms with E-state index in [-0.39, 0.29) is 0 Å². The molecule has 0 aliphatic carbocycles. The van der Waals surface area contributed by atoms with Crippen LogP contribution >= 0.6 is 0 Å². The number of ether oxygens (including phenoxy) is 1. The molecule has 2 aliphatic rings. The minimum atomic E-state index is 0.450. The average molecular weight is 287 g/mol. The Hall–Kier alpha value is -1.66. The Labute approximate surface area is 124 Å². The second kappa shape index (κ2) is 5.61. The fourth-order valence-electron chi connectivity index (χ4n) is 3.14. The fourth-order valence-corrected chi connectivity index (χ4v) is 3.14. The van der Waals surface area contributed by atoms with Crippen LogP contribution in [-0.4, -0.2) is 54.0 Å². The van der Waals surface area contributed by atoms with Crippen LogP contribution in [0.3, 0.4) is 0 Å². The van der Waals surface area contributed by atoms with Gasteiger partial charge in [0, 0.05) is 25.6 Å². The van der Waals surface area contributed by atoms with Gasteiger partial charge in [-0.3, -0.25) is 0 Å². The zero-order chi connectivity index (χ0) is 14.1. The number of morpholine rings is 1. The highest BCUT2D eigenvalue weighted by molar-refractivity contribution is 5.51. The third-order valence-corrected chi connectivity index (χ3v) is 4.37. The van der Waals surface area contributed by atoms with E-state index in [2.05, 4.69) is 28.5 Å². The summed E-state index contributed by atoms with van der Waals surface area (Å²) in [6, 6.07) is 4.20. The van der Waals surface area contributed by atoms with Gasteiger partial charge in [-0.2, -0.15) is 5.10 Å². The van der Waals surface area contributed by atoms with E-state index >= 15 is 0 Å². The van der Waals surface area contributed by atoms with Crippen molar-refractivity contribution in [3.8, 4) is 0 Å². The van der Waals surface area contributed by atoms with Crippen LogP contribution in [-0.2, 0) is 4.74 Å². The first-order chi connectivity index (χ1) is 10.4. The van der Waals surface area contributed by atoms with Crippen LogP contribution < -0.4 is 10.2 Å². The third-order valence-electron chi connectivity index (χ3n) is 4.37. The zero-order valence-corrected chi connectivity index (χ0v) is 12.2. The van der Waals surface area contributed by atoms with Crippen molar-refractivity contribution in [2.75, 3.05) is 44.3 Å². The first-order valence-electron chi connectivity index (χ1n) is 7.80. The summed E-state index contributed by atoms with van der Waals surface area (Å²) >= 11 is 0. The molecule has 0 aromatic carbocycles. The van der Waals surface area contributed by atoms with E-state index in [1.54, 1.807) is 0 Å². The summed E-state index contributed by atoms with van der Waals surface area (Å²) in [5.41, 5.74) is 2.14. The maximum atomic E-state index is 5.41. The molecule has 0 saturated carbocycles. The van der Waals surface area contributed by atoms with Gasteiger partial charge in [0.15, 0.2) is 11.5 Å². The van der Waals surface area contributed by atoms with Crippen molar-refractivity contribution in [2.45, 2.75) is 18.8 Å². The SMILES string of the molecule is c1cc2nc([C@@H]3CCCNC3)nn2cc1N1CCOCC1. The first-order valence-corrected chi connectivity index (χ1v) is 7.80. The van der Waals surface area contributed by atoms with Crippen molar-refractivity contribution in [3.63, 3.8) is 0 Å².